The molecule has 1 rings (SSSR count). The van der Waals surface area contributed by atoms with Crippen molar-refractivity contribution in [3.05, 3.63) is 29.8 Å². The second kappa shape index (κ2) is 6.94. The Bertz CT molecular complexity index is 544. The van der Waals surface area contributed by atoms with Crippen LogP contribution in [0, 0.1) is 10.8 Å². The minimum atomic E-state index is -0.695. The van der Waals surface area contributed by atoms with E-state index in [1.807, 2.05) is 32.0 Å². The summed E-state index contributed by atoms with van der Waals surface area (Å²) in [5.41, 5.74) is -0.329. The first-order valence-electron chi connectivity index (χ1n) is 8.40. The summed E-state index contributed by atoms with van der Waals surface area (Å²) in [7, 11) is 1.67. The van der Waals surface area contributed by atoms with E-state index < -0.39 is 10.8 Å². The fourth-order valence-electron chi connectivity index (χ4n) is 3.55. The molecule has 0 aliphatic rings. The molecule has 2 unspecified atom stereocenters. The number of para-hydroxylation sites is 1. The fourth-order valence-corrected chi connectivity index (χ4v) is 3.55. The Labute approximate surface area is 141 Å². The Balaban J connectivity index is 3.67. The maximum Gasteiger partial charge on any atom is 0.313 e. The molecule has 0 aromatic heterocycles. The van der Waals surface area contributed by atoms with Gasteiger partial charge >= 0.3 is 5.97 Å². The van der Waals surface area contributed by atoms with Gasteiger partial charge in [0.05, 0.1) is 19.1 Å². The molecule has 0 N–H and O–H groups in total. The SMILES string of the molecule is CCOC(=O)C(C)(C(C)(C)C)C(C)(CC)c1ccccc1OC. The zero-order valence-electron chi connectivity index (χ0n) is 15.9. The Morgan fingerprint density at radius 1 is 1.04 bits per heavy atom. The lowest BCUT2D eigenvalue weighted by Crippen LogP contribution is -2.55. The van der Waals surface area contributed by atoms with E-state index >= 15 is 0 Å². The highest BCUT2D eigenvalue weighted by molar-refractivity contribution is 5.80. The van der Waals surface area contributed by atoms with Crippen LogP contribution >= 0.6 is 0 Å². The molecular formula is C20H32O3. The second-order valence-electron chi connectivity index (χ2n) is 7.48. The van der Waals surface area contributed by atoms with Crippen molar-refractivity contribution in [1.82, 2.24) is 0 Å². The molecule has 23 heavy (non-hydrogen) atoms. The summed E-state index contributed by atoms with van der Waals surface area (Å²) in [6.07, 6.45) is 0.806. The van der Waals surface area contributed by atoms with Crippen LogP contribution in [0.2, 0.25) is 0 Å². The number of benzene rings is 1. The van der Waals surface area contributed by atoms with Gasteiger partial charge in [0.1, 0.15) is 5.75 Å². The number of hydrogen-bond acceptors (Lipinski definition) is 3. The topological polar surface area (TPSA) is 35.5 Å². The fraction of sp³-hybridized carbons (Fsp3) is 0.650. The molecule has 130 valence electrons. The van der Waals surface area contributed by atoms with E-state index in [1.165, 1.54) is 0 Å². The quantitative estimate of drug-likeness (QED) is 0.694. The molecule has 0 aliphatic carbocycles. The predicted octanol–water partition coefficient (Wildman–Crippen LogP) is 4.98. The van der Waals surface area contributed by atoms with Crippen LogP contribution in [0.5, 0.6) is 5.75 Å². The first kappa shape index (κ1) is 19.5. The number of hydrogen-bond donors (Lipinski definition) is 0. The van der Waals surface area contributed by atoms with Gasteiger partial charge in [0.25, 0.3) is 0 Å². The molecule has 0 amide bonds. The van der Waals surface area contributed by atoms with Crippen LogP contribution < -0.4 is 4.74 Å². The zero-order valence-corrected chi connectivity index (χ0v) is 15.9. The van der Waals surface area contributed by atoms with E-state index in [1.54, 1.807) is 7.11 Å². The van der Waals surface area contributed by atoms with Gasteiger partial charge in [-0.25, -0.2) is 0 Å². The molecule has 1 aromatic rings. The maximum absolute atomic E-state index is 13.0. The molecule has 0 aliphatic heterocycles. The van der Waals surface area contributed by atoms with Crippen molar-refractivity contribution in [2.24, 2.45) is 10.8 Å². The number of rotatable bonds is 6. The number of esters is 1. The lowest BCUT2D eigenvalue weighted by molar-refractivity contribution is -0.169. The summed E-state index contributed by atoms with van der Waals surface area (Å²) in [4.78, 5) is 13.0. The third kappa shape index (κ3) is 3.11. The Hall–Kier alpha value is -1.51. The molecular weight excluding hydrogens is 288 g/mol. The van der Waals surface area contributed by atoms with Crippen molar-refractivity contribution >= 4 is 5.97 Å². The number of ether oxygens (including phenoxy) is 2. The van der Waals surface area contributed by atoms with Crippen LogP contribution in [-0.2, 0) is 14.9 Å². The Morgan fingerprint density at radius 2 is 1.61 bits per heavy atom. The van der Waals surface area contributed by atoms with E-state index in [9.17, 15) is 4.79 Å². The van der Waals surface area contributed by atoms with Gasteiger partial charge in [-0.2, -0.15) is 0 Å². The minimum Gasteiger partial charge on any atom is -0.496 e. The lowest BCUT2D eigenvalue weighted by atomic mass is 9.50. The Kier molecular flexibility index (Phi) is 5.89. The molecule has 0 fully saturated rings. The van der Waals surface area contributed by atoms with Gasteiger partial charge in [0.2, 0.25) is 0 Å². The van der Waals surface area contributed by atoms with Gasteiger partial charge < -0.3 is 9.47 Å². The average molecular weight is 320 g/mol. The molecule has 0 spiro atoms. The van der Waals surface area contributed by atoms with Gasteiger partial charge in [0.15, 0.2) is 0 Å². The van der Waals surface area contributed by atoms with Crippen LogP contribution in [0.25, 0.3) is 0 Å². The van der Waals surface area contributed by atoms with Crippen molar-refractivity contribution in [3.63, 3.8) is 0 Å². The summed E-state index contributed by atoms with van der Waals surface area (Å²) < 4.78 is 11.1. The molecule has 1 aromatic carbocycles. The first-order valence-corrected chi connectivity index (χ1v) is 8.40. The van der Waals surface area contributed by atoms with Crippen molar-refractivity contribution in [1.29, 1.82) is 0 Å². The summed E-state index contributed by atoms with van der Waals surface area (Å²) >= 11 is 0. The van der Waals surface area contributed by atoms with Crippen LogP contribution in [0.15, 0.2) is 24.3 Å². The van der Waals surface area contributed by atoms with Gasteiger partial charge in [0, 0.05) is 11.0 Å². The van der Waals surface area contributed by atoms with E-state index in [2.05, 4.69) is 40.7 Å². The predicted molar refractivity (Wildman–Crippen MR) is 94.8 cm³/mol. The first-order chi connectivity index (χ1) is 10.6. The van der Waals surface area contributed by atoms with E-state index in [4.69, 9.17) is 9.47 Å². The Morgan fingerprint density at radius 3 is 2.04 bits per heavy atom. The number of methoxy groups -OCH3 is 1. The van der Waals surface area contributed by atoms with Crippen molar-refractivity contribution in [2.45, 2.75) is 60.3 Å². The summed E-state index contributed by atoms with van der Waals surface area (Å²) in [5.74, 6) is 0.666. The molecule has 0 radical (unpaired) electrons. The van der Waals surface area contributed by atoms with Crippen molar-refractivity contribution in [3.8, 4) is 5.75 Å². The van der Waals surface area contributed by atoms with Crippen LogP contribution in [0.4, 0.5) is 0 Å². The van der Waals surface area contributed by atoms with E-state index in [0.29, 0.717) is 6.61 Å². The number of carbonyl (C=O) groups excluding carboxylic acids is 1. The van der Waals surface area contributed by atoms with Gasteiger partial charge in [-0.05, 0) is 31.7 Å². The van der Waals surface area contributed by atoms with E-state index in [-0.39, 0.29) is 11.4 Å². The molecule has 3 heteroatoms. The molecule has 0 saturated heterocycles. The van der Waals surface area contributed by atoms with E-state index in [0.717, 1.165) is 17.7 Å². The van der Waals surface area contributed by atoms with Gasteiger partial charge in [-0.15, -0.1) is 0 Å². The summed E-state index contributed by atoms with van der Waals surface area (Å²) in [6.45, 7) is 14.8. The highest BCUT2D eigenvalue weighted by Gasteiger charge is 2.58. The zero-order chi connectivity index (χ0) is 17.9. The molecule has 3 nitrogen and oxygen atoms in total. The van der Waals surface area contributed by atoms with Crippen LogP contribution in [0.3, 0.4) is 0 Å². The third-order valence-electron chi connectivity index (χ3n) is 5.70. The molecule has 2 atom stereocenters. The van der Waals surface area contributed by atoms with Crippen LogP contribution in [0.1, 0.15) is 60.5 Å². The van der Waals surface area contributed by atoms with Crippen molar-refractivity contribution < 1.29 is 14.3 Å². The summed E-state index contributed by atoms with van der Waals surface area (Å²) in [5, 5.41) is 0. The van der Waals surface area contributed by atoms with Crippen LogP contribution in [-0.4, -0.2) is 19.7 Å². The monoisotopic (exact) mass is 320 g/mol. The van der Waals surface area contributed by atoms with Gasteiger partial charge in [-0.1, -0.05) is 52.8 Å². The second-order valence-corrected chi connectivity index (χ2v) is 7.48. The normalized spacial score (nSPS) is 17.0. The van der Waals surface area contributed by atoms with Gasteiger partial charge in [-0.3, -0.25) is 4.79 Å². The third-order valence-corrected chi connectivity index (χ3v) is 5.70. The molecule has 0 saturated carbocycles. The highest BCUT2D eigenvalue weighted by atomic mass is 16.5. The number of carbonyl (C=O) groups is 1. The maximum atomic E-state index is 13.0. The standard InChI is InChI=1S/C20H32O3/c1-9-19(6,15-13-11-12-14-16(15)22-8)20(7,18(3,4)5)17(21)23-10-2/h11-14H,9-10H2,1-8H3. The molecule has 0 heterocycles. The smallest absolute Gasteiger partial charge is 0.313 e. The lowest BCUT2D eigenvalue weighted by Gasteiger charge is -2.52. The highest BCUT2D eigenvalue weighted by Crippen LogP contribution is 2.56. The summed E-state index contributed by atoms with van der Waals surface area (Å²) in [6, 6.07) is 7.97. The largest absolute Gasteiger partial charge is 0.496 e. The van der Waals surface area contributed by atoms with Crippen molar-refractivity contribution in [2.75, 3.05) is 13.7 Å². The minimum absolute atomic E-state index is 0.150. The molecule has 0 bridgehead atoms. The average Bonchev–Trinajstić information content (AvgIpc) is 2.52.